The number of hydrogen-bond donors (Lipinski definition) is 1. The lowest BCUT2D eigenvalue weighted by Gasteiger charge is -2.37. The number of nitrogens with one attached hydrogen (secondary N) is 1. The van der Waals surface area contributed by atoms with Crippen LogP contribution in [-0.4, -0.2) is 64.5 Å². The van der Waals surface area contributed by atoms with Crippen LogP contribution in [0.15, 0.2) is 27.3 Å². The molecule has 0 spiro atoms. The van der Waals surface area contributed by atoms with Crippen LogP contribution in [0.5, 0.6) is 0 Å². The molecule has 2 aliphatic rings. The Labute approximate surface area is 199 Å². The highest BCUT2D eigenvalue weighted by Gasteiger charge is 2.20. The van der Waals surface area contributed by atoms with E-state index in [-0.39, 0.29) is 29.7 Å². The molecule has 2 aromatic heterocycles. The van der Waals surface area contributed by atoms with Gasteiger partial charge < -0.3 is 15.1 Å². The van der Waals surface area contributed by atoms with E-state index in [0.717, 1.165) is 76.7 Å². The molecular weight excluding hydrogens is 513 g/mol. The molecule has 4 heterocycles. The molecule has 0 aromatic carbocycles. The zero-order valence-electron chi connectivity index (χ0n) is 17.6. The number of aryl methyl sites for hydroxylation is 2. The minimum atomic E-state index is 0. The van der Waals surface area contributed by atoms with Gasteiger partial charge in [-0.15, -0.1) is 35.3 Å². The lowest BCUT2D eigenvalue weighted by Crippen LogP contribution is -2.52. The van der Waals surface area contributed by atoms with Crippen molar-refractivity contribution in [3.05, 3.63) is 33.8 Å². The zero-order chi connectivity index (χ0) is 20.1. The van der Waals surface area contributed by atoms with Crippen LogP contribution < -0.4 is 15.9 Å². The van der Waals surface area contributed by atoms with Gasteiger partial charge in [0, 0.05) is 58.8 Å². The Bertz CT molecular complexity index is 868. The highest BCUT2D eigenvalue weighted by atomic mass is 127. The first-order chi connectivity index (χ1) is 14.3. The van der Waals surface area contributed by atoms with Gasteiger partial charge in [-0.3, -0.25) is 9.56 Å². The Kier molecular flexibility index (Phi) is 8.61. The molecule has 8 nitrogen and oxygen atoms in total. The van der Waals surface area contributed by atoms with Gasteiger partial charge >= 0.3 is 5.69 Å². The largest absolute Gasteiger partial charge is 0.360 e. The summed E-state index contributed by atoms with van der Waals surface area (Å²) >= 11 is 1.80. The van der Waals surface area contributed by atoms with Gasteiger partial charge in [-0.2, -0.15) is 5.10 Å². The van der Waals surface area contributed by atoms with E-state index in [4.69, 9.17) is 4.99 Å². The lowest BCUT2D eigenvalue weighted by molar-refractivity contribution is 0.373. The first-order valence-electron chi connectivity index (χ1n) is 10.7. The van der Waals surface area contributed by atoms with Crippen LogP contribution in [0.3, 0.4) is 0 Å². The number of rotatable bonds is 6. The topological polar surface area (TPSA) is 70.7 Å². The van der Waals surface area contributed by atoms with Crippen molar-refractivity contribution in [1.29, 1.82) is 0 Å². The molecule has 0 atom stereocenters. The van der Waals surface area contributed by atoms with Crippen LogP contribution in [0.25, 0.3) is 0 Å². The molecule has 0 radical (unpaired) electrons. The third kappa shape index (κ3) is 5.37. The molecule has 0 saturated carbocycles. The van der Waals surface area contributed by atoms with Gasteiger partial charge in [0.25, 0.3) is 0 Å². The molecule has 30 heavy (non-hydrogen) atoms. The second kappa shape index (κ2) is 11.2. The van der Waals surface area contributed by atoms with Crippen LogP contribution in [0.1, 0.15) is 32.0 Å². The lowest BCUT2D eigenvalue weighted by atomic mass is 10.2. The summed E-state index contributed by atoms with van der Waals surface area (Å²) in [5.41, 5.74) is 0.0419. The van der Waals surface area contributed by atoms with Gasteiger partial charge in [0.2, 0.25) is 0 Å². The summed E-state index contributed by atoms with van der Waals surface area (Å²) in [5.74, 6) is 1.93. The Balaban J connectivity index is 0.00000256. The monoisotopic (exact) mass is 545 g/mol. The Morgan fingerprint density at radius 3 is 2.77 bits per heavy atom. The van der Waals surface area contributed by atoms with E-state index in [1.54, 1.807) is 16.0 Å². The number of piperazine rings is 1. The van der Waals surface area contributed by atoms with E-state index in [0.29, 0.717) is 13.1 Å². The summed E-state index contributed by atoms with van der Waals surface area (Å²) in [7, 11) is 0. The van der Waals surface area contributed by atoms with Crippen molar-refractivity contribution in [3.63, 3.8) is 0 Å². The van der Waals surface area contributed by atoms with E-state index in [9.17, 15) is 4.79 Å². The SMILES string of the molecule is CCNC(=NCCCn1nc2n(c1=O)CCCC2)N1CCN(c2cccs2)CC1.I. The summed E-state index contributed by atoms with van der Waals surface area (Å²) < 4.78 is 3.47. The van der Waals surface area contributed by atoms with Crippen molar-refractivity contribution in [1.82, 2.24) is 24.6 Å². The van der Waals surface area contributed by atoms with Crippen LogP contribution in [0.2, 0.25) is 0 Å². The molecule has 0 bridgehead atoms. The zero-order valence-corrected chi connectivity index (χ0v) is 20.8. The van der Waals surface area contributed by atoms with Crippen molar-refractivity contribution >= 4 is 46.3 Å². The molecule has 166 valence electrons. The van der Waals surface area contributed by atoms with Crippen molar-refractivity contribution in [2.24, 2.45) is 4.99 Å². The third-order valence-electron chi connectivity index (χ3n) is 5.55. The molecule has 1 N–H and O–H groups in total. The van der Waals surface area contributed by atoms with Crippen molar-refractivity contribution in [2.45, 2.75) is 45.7 Å². The fourth-order valence-electron chi connectivity index (χ4n) is 4.01. The Morgan fingerprint density at radius 1 is 1.23 bits per heavy atom. The number of aliphatic imine (C=N–C) groups is 1. The van der Waals surface area contributed by atoms with Gasteiger partial charge in [-0.25, -0.2) is 9.48 Å². The van der Waals surface area contributed by atoms with Crippen molar-refractivity contribution < 1.29 is 0 Å². The number of aromatic nitrogens is 3. The molecule has 1 saturated heterocycles. The highest BCUT2D eigenvalue weighted by molar-refractivity contribution is 14.0. The number of anilines is 1. The second-order valence-electron chi connectivity index (χ2n) is 7.55. The average Bonchev–Trinajstić information content (AvgIpc) is 3.40. The van der Waals surface area contributed by atoms with Crippen molar-refractivity contribution in [2.75, 3.05) is 44.2 Å². The number of thiophene rings is 1. The van der Waals surface area contributed by atoms with Gasteiger partial charge in [0.1, 0.15) is 5.82 Å². The number of nitrogens with zero attached hydrogens (tertiary/aromatic N) is 6. The second-order valence-corrected chi connectivity index (χ2v) is 8.47. The fourth-order valence-corrected chi connectivity index (χ4v) is 4.80. The standard InChI is InChI=1S/C20H31N7OS.HI/c1-2-21-19(25-14-12-24(13-15-25)18-8-5-16-29-18)22-9-6-11-27-20(28)26-10-4-3-7-17(26)23-27;/h5,8,16H,2-4,6-7,9-15H2,1H3,(H,21,22);1H. The van der Waals surface area contributed by atoms with Gasteiger partial charge in [0.05, 0.1) is 5.00 Å². The predicted octanol–water partition coefficient (Wildman–Crippen LogP) is 2.24. The highest BCUT2D eigenvalue weighted by Crippen LogP contribution is 2.22. The van der Waals surface area contributed by atoms with Gasteiger partial charge in [-0.05, 0) is 43.7 Å². The third-order valence-corrected chi connectivity index (χ3v) is 6.48. The Morgan fingerprint density at radius 2 is 2.07 bits per heavy atom. The van der Waals surface area contributed by atoms with E-state index in [1.807, 2.05) is 4.57 Å². The fraction of sp³-hybridized carbons (Fsp3) is 0.650. The maximum Gasteiger partial charge on any atom is 0.345 e. The summed E-state index contributed by atoms with van der Waals surface area (Å²) in [6, 6.07) is 4.30. The van der Waals surface area contributed by atoms with Crippen LogP contribution in [0.4, 0.5) is 5.00 Å². The molecular formula is C20H32IN7OS. The normalized spacial score (nSPS) is 16.9. The molecule has 10 heteroatoms. The first kappa shape index (κ1) is 23.1. The number of hydrogen-bond acceptors (Lipinski definition) is 5. The molecule has 4 rings (SSSR count). The molecule has 0 aliphatic carbocycles. The summed E-state index contributed by atoms with van der Waals surface area (Å²) in [4.78, 5) is 22.0. The first-order valence-corrected chi connectivity index (χ1v) is 11.6. The number of guanidine groups is 1. The molecule has 2 aliphatic heterocycles. The van der Waals surface area contributed by atoms with E-state index < -0.39 is 0 Å². The molecule has 0 unspecified atom stereocenters. The number of fused-ring (bicyclic) bond motifs is 1. The van der Waals surface area contributed by atoms with E-state index in [2.05, 4.69) is 44.7 Å². The summed E-state index contributed by atoms with van der Waals surface area (Å²) in [5, 5.41) is 11.4. The van der Waals surface area contributed by atoms with Gasteiger partial charge in [-0.1, -0.05) is 0 Å². The quantitative estimate of drug-likeness (QED) is 0.261. The maximum absolute atomic E-state index is 12.4. The number of halogens is 1. The van der Waals surface area contributed by atoms with Crippen LogP contribution in [0, 0.1) is 0 Å². The van der Waals surface area contributed by atoms with Gasteiger partial charge in [0.15, 0.2) is 5.96 Å². The van der Waals surface area contributed by atoms with E-state index in [1.165, 1.54) is 5.00 Å². The average molecular weight is 545 g/mol. The summed E-state index contributed by atoms with van der Waals surface area (Å²) in [6.45, 7) is 9.07. The predicted molar refractivity (Wildman–Crippen MR) is 134 cm³/mol. The minimum Gasteiger partial charge on any atom is -0.360 e. The smallest absolute Gasteiger partial charge is 0.345 e. The minimum absolute atomic E-state index is 0. The van der Waals surface area contributed by atoms with Crippen LogP contribution in [-0.2, 0) is 19.5 Å². The molecule has 1 fully saturated rings. The summed E-state index contributed by atoms with van der Waals surface area (Å²) in [6.07, 6.45) is 3.95. The van der Waals surface area contributed by atoms with E-state index >= 15 is 0 Å². The maximum atomic E-state index is 12.4. The van der Waals surface area contributed by atoms with Crippen molar-refractivity contribution in [3.8, 4) is 0 Å². The van der Waals surface area contributed by atoms with Crippen LogP contribution >= 0.6 is 35.3 Å². The molecule has 0 amide bonds. The Hall–Kier alpha value is -1.56. The molecule has 2 aromatic rings.